The Labute approximate surface area is 149 Å². The summed E-state index contributed by atoms with van der Waals surface area (Å²) in [6.07, 6.45) is 0. The fraction of sp³-hybridized carbons (Fsp3) is 0.100. The molecule has 0 atom stereocenters. The van der Waals surface area contributed by atoms with Gasteiger partial charge in [0.25, 0.3) is 11.8 Å². The topological polar surface area (TPSA) is 78.9 Å². The number of rotatable bonds is 5. The molecule has 0 aliphatic carbocycles. The van der Waals surface area contributed by atoms with Crippen LogP contribution in [0.15, 0.2) is 60.7 Å². The summed E-state index contributed by atoms with van der Waals surface area (Å²) in [4.78, 5) is 25.4. The van der Waals surface area contributed by atoms with Crippen LogP contribution in [0.3, 0.4) is 0 Å². The average molecular weight is 348 g/mol. The molecule has 2 amide bonds. The maximum Gasteiger partial charge on any atom is 0.275 e. The summed E-state index contributed by atoms with van der Waals surface area (Å²) in [5.41, 5.74) is 3.50. The zero-order valence-corrected chi connectivity index (χ0v) is 13.8. The van der Waals surface area contributed by atoms with Crippen molar-refractivity contribution in [2.24, 2.45) is 0 Å². The molecule has 1 aliphatic heterocycles. The highest BCUT2D eigenvalue weighted by atomic mass is 16.5. The Hall–Kier alpha value is -3.22. The fourth-order valence-corrected chi connectivity index (χ4v) is 3.08. The number of amides is 2. The minimum Gasteiger partial charge on any atom is -0.457 e. The predicted molar refractivity (Wildman–Crippen MR) is 96.1 cm³/mol. The second-order valence-electron chi connectivity index (χ2n) is 5.83. The number of benzene rings is 3. The molecule has 6 nitrogen and oxygen atoms in total. The van der Waals surface area contributed by atoms with Crippen molar-refractivity contribution in [3.05, 3.63) is 71.8 Å². The summed E-state index contributed by atoms with van der Waals surface area (Å²) in [6, 6.07) is 18.0. The van der Waals surface area contributed by atoms with E-state index in [0.29, 0.717) is 33.4 Å². The summed E-state index contributed by atoms with van der Waals surface area (Å²) in [7, 11) is 0. The third-order valence-electron chi connectivity index (χ3n) is 4.22. The minimum absolute atomic E-state index is 0.109. The third kappa shape index (κ3) is 2.61. The molecular weight excluding hydrogens is 332 g/mol. The van der Waals surface area contributed by atoms with Crippen LogP contribution in [0.2, 0.25) is 0 Å². The maximum absolute atomic E-state index is 12.7. The first kappa shape index (κ1) is 16.3. The van der Waals surface area contributed by atoms with E-state index in [2.05, 4.69) is 5.43 Å². The number of aliphatic hydroxyl groups is 1. The van der Waals surface area contributed by atoms with Crippen molar-refractivity contribution in [2.45, 2.75) is 0 Å². The van der Waals surface area contributed by atoms with Crippen LogP contribution in [-0.4, -0.2) is 35.1 Å². The Morgan fingerprint density at radius 3 is 2.35 bits per heavy atom. The standard InChI is InChI=1S/C20H16N2O4/c23-12-11-21-22-19(24)15-8-4-7-14-17(26-13-5-2-1-3-6-13)10-9-16(18(14)15)20(22)25/h1-10,21,23H,11-12H2. The van der Waals surface area contributed by atoms with Gasteiger partial charge in [0.1, 0.15) is 11.5 Å². The molecule has 0 bridgehead atoms. The van der Waals surface area contributed by atoms with Crippen molar-refractivity contribution in [2.75, 3.05) is 13.2 Å². The molecular formula is C20H16N2O4. The fourth-order valence-electron chi connectivity index (χ4n) is 3.08. The normalized spacial score (nSPS) is 13.3. The van der Waals surface area contributed by atoms with Crippen molar-refractivity contribution >= 4 is 22.6 Å². The molecule has 26 heavy (non-hydrogen) atoms. The van der Waals surface area contributed by atoms with E-state index in [1.165, 1.54) is 0 Å². The van der Waals surface area contributed by atoms with E-state index in [0.717, 1.165) is 5.01 Å². The van der Waals surface area contributed by atoms with E-state index in [9.17, 15) is 9.59 Å². The van der Waals surface area contributed by atoms with E-state index in [-0.39, 0.29) is 13.2 Å². The Bertz CT molecular complexity index is 979. The van der Waals surface area contributed by atoms with Gasteiger partial charge in [-0.25, -0.2) is 10.4 Å². The number of aliphatic hydroxyl groups excluding tert-OH is 1. The summed E-state index contributed by atoms with van der Waals surface area (Å²) in [5, 5.41) is 11.2. The molecule has 3 aromatic rings. The van der Waals surface area contributed by atoms with Gasteiger partial charge in [-0.15, -0.1) is 0 Å². The number of hydrazine groups is 1. The smallest absolute Gasteiger partial charge is 0.275 e. The Morgan fingerprint density at radius 2 is 1.62 bits per heavy atom. The van der Waals surface area contributed by atoms with E-state index in [4.69, 9.17) is 9.84 Å². The molecule has 0 aromatic heterocycles. The Kier molecular flexibility index (Phi) is 4.12. The van der Waals surface area contributed by atoms with Crippen LogP contribution in [0, 0.1) is 0 Å². The predicted octanol–water partition coefficient (Wildman–Crippen LogP) is 2.73. The molecule has 0 saturated heterocycles. The lowest BCUT2D eigenvalue weighted by Gasteiger charge is -2.27. The summed E-state index contributed by atoms with van der Waals surface area (Å²) in [6.45, 7) is -0.0734. The molecule has 0 spiro atoms. The van der Waals surface area contributed by atoms with Gasteiger partial charge >= 0.3 is 0 Å². The Morgan fingerprint density at radius 1 is 0.885 bits per heavy atom. The van der Waals surface area contributed by atoms with Crippen LogP contribution in [-0.2, 0) is 0 Å². The molecule has 1 heterocycles. The molecule has 4 rings (SSSR count). The molecule has 2 N–H and O–H groups in total. The van der Waals surface area contributed by atoms with Gasteiger partial charge in [0.2, 0.25) is 0 Å². The van der Waals surface area contributed by atoms with Gasteiger partial charge in [0, 0.05) is 17.3 Å². The summed E-state index contributed by atoms with van der Waals surface area (Å²) < 4.78 is 5.95. The number of hydrogen-bond acceptors (Lipinski definition) is 5. The van der Waals surface area contributed by atoms with Gasteiger partial charge in [-0.05, 0) is 30.3 Å². The van der Waals surface area contributed by atoms with Crippen molar-refractivity contribution in [1.29, 1.82) is 0 Å². The monoisotopic (exact) mass is 348 g/mol. The number of para-hydroxylation sites is 1. The number of nitrogens with zero attached hydrogens (tertiary/aromatic N) is 1. The number of hydrogen-bond donors (Lipinski definition) is 2. The average Bonchev–Trinajstić information content (AvgIpc) is 2.67. The quantitative estimate of drug-likeness (QED) is 0.693. The first-order chi connectivity index (χ1) is 12.7. The van der Waals surface area contributed by atoms with Crippen LogP contribution < -0.4 is 10.2 Å². The van der Waals surface area contributed by atoms with Gasteiger partial charge in [-0.1, -0.05) is 30.3 Å². The largest absolute Gasteiger partial charge is 0.457 e. The summed E-state index contributed by atoms with van der Waals surface area (Å²) in [5.74, 6) is 0.360. The zero-order valence-electron chi connectivity index (χ0n) is 13.8. The van der Waals surface area contributed by atoms with Crippen LogP contribution in [0.4, 0.5) is 0 Å². The van der Waals surface area contributed by atoms with Crippen LogP contribution in [0.5, 0.6) is 11.5 Å². The van der Waals surface area contributed by atoms with Crippen LogP contribution in [0.25, 0.3) is 10.8 Å². The maximum atomic E-state index is 12.7. The minimum atomic E-state index is -0.446. The van der Waals surface area contributed by atoms with Gasteiger partial charge in [-0.2, -0.15) is 0 Å². The lowest BCUT2D eigenvalue weighted by molar-refractivity contribution is 0.0509. The number of ether oxygens (including phenoxy) is 1. The third-order valence-corrected chi connectivity index (χ3v) is 4.22. The molecule has 0 radical (unpaired) electrons. The van der Waals surface area contributed by atoms with Crippen molar-refractivity contribution < 1.29 is 19.4 Å². The lowest BCUT2D eigenvalue weighted by atomic mass is 9.94. The lowest BCUT2D eigenvalue weighted by Crippen LogP contribution is -2.50. The molecule has 0 unspecified atom stereocenters. The van der Waals surface area contributed by atoms with E-state index < -0.39 is 11.8 Å². The highest BCUT2D eigenvalue weighted by Crippen LogP contribution is 2.36. The molecule has 1 aliphatic rings. The number of nitrogens with one attached hydrogen (secondary N) is 1. The van der Waals surface area contributed by atoms with Gasteiger partial charge in [-0.3, -0.25) is 9.59 Å². The van der Waals surface area contributed by atoms with Crippen molar-refractivity contribution in [3.63, 3.8) is 0 Å². The van der Waals surface area contributed by atoms with Crippen molar-refractivity contribution in [3.8, 4) is 11.5 Å². The molecule has 130 valence electrons. The van der Waals surface area contributed by atoms with Gasteiger partial charge in [0.05, 0.1) is 17.7 Å². The van der Waals surface area contributed by atoms with E-state index in [1.807, 2.05) is 36.4 Å². The number of imide groups is 1. The van der Waals surface area contributed by atoms with E-state index >= 15 is 0 Å². The summed E-state index contributed by atoms with van der Waals surface area (Å²) >= 11 is 0. The number of carbonyl (C=O) groups excluding carboxylic acids is 2. The first-order valence-corrected chi connectivity index (χ1v) is 8.22. The molecule has 0 fully saturated rings. The van der Waals surface area contributed by atoms with Gasteiger partial charge in [0.15, 0.2) is 0 Å². The molecule has 0 saturated carbocycles. The second kappa shape index (κ2) is 6.59. The highest BCUT2D eigenvalue weighted by molar-refractivity contribution is 6.25. The SMILES string of the molecule is O=C1c2cccc3c(Oc4ccccc4)ccc(c23)C(=O)N1NCCO. The molecule has 3 aromatic carbocycles. The first-order valence-electron chi connectivity index (χ1n) is 8.22. The van der Waals surface area contributed by atoms with E-state index in [1.54, 1.807) is 24.3 Å². The highest BCUT2D eigenvalue weighted by Gasteiger charge is 2.33. The zero-order chi connectivity index (χ0) is 18.1. The number of carbonyl (C=O) groups is 2. The second-order valence-corrected chi connectivity index (χ2v) is 5.83. The van der Waals surface area contributed by atoms with Crippen LogP contribution in [0.1, 0.15) is 20.7 Å². The molecule has 6 heteroatoms. The van der Waals surface area contributed by atoms with Crippen molar-refractivity contribution in [1.82, 2.24) is 10.4 Å². The Balaban J connectivity index is 1.83. The van der Waals surface area contributed by atoms with Crippen LogP contribution >= 0.6 is 0 Å². The van der Waals surface area contributed by atoms with Gasteiger partial charge < -0.3 is 9.84 Å².